The molecule has 0 aliphatic carbocycles. The molecule has 0 spiro atoms. The van der Waals surface area contributed by atoms with Crippen LogP contribution in [0.2, 0.25) is 5.02 Å². The zero-order chi connectivity index (χ0) is 25.0. The average Bonchev–Trinajstić information content (AvgIpc) is 3.26. The number of ether oxygens (including phenoxy) is 1. The van der Waals surface area contributed by atoms with Gasteiger partial charge in [0.15, 0.2) is 0 Å². The topological polar surface area (TPSA) is 66.9 Å². The van der Waals surface area contributed by atoms with Crippen molar-refractivity contribution in [2.24, 2.45) is 0 Å². The lowest BCUT2D eigenvalue weighted by Crippen LogP contribution is -2.67. The van der Waals surface area contributed by atoms with Crippen molar-refractivity contribution in [2.75, 3.05) is 19.7 Å². The van der Waals surface area contributed by atoms with Crippen molar-refractivity contribution in [3.63, 3.8) is 0 Å². The van der Waals surface area contributed by atoms with E-state index in [9.17, 15) is 14.4 Å². The fourth-order valence-corrected chi connectivity index (χ4v) is 5.64. The molecular formula is C27H29ClN2O4S. The molecule has 35 heavy (non-hydrogen) atoms. The quantitative estimate of drug-likeness (QED) is 0.353. The van der Waals surface area contributed by atoms with Gasteiger partial charge in [0.2, 0.25) is 5.91 Å². The second kappa shape index (κ2) is 10.8. The molecule has 0 N–H and O–H groups in total. The molecule has 0 bridgehead atoms. The fourth-order valence-electron chi connectivity index (χ4n) is 4.49. The number of nitrogens with zero attached hydrogens (tertiary/aromatic N) is 2. The Morgan fingerprint density at radius 2 is 1.97 bits per heavy atom. The summed E-state index contributed by atoms with van der Waals surface area (Å²) < 4.78 is 6.08. The molecule has 2 amide bonds. The number of benzene rings is 2. The highest BCUT2D eigenvalue weighted by Crippen LogP contribution is 2.37. The van der Waals surface area contributed by atoms with Crippen LogP contribution in [0.4, 0.5) is 0 Å². The summed E-state index contributed by atoms with van der Waals surface area (Å²) in [7, 11) is 0. The van der Waals surface area contributed by atoms with Crippen LogP contribution >= 0.6 is 22.9 Å². The van der Waals surface area contributed by atoms with Gasteiger partial charge >= 0.3 is 5.97 Å². The van der Waals surface area contributed by atoms with Crippen LogP contribution in [-0.4, -0.2) is 52.8 Å². The lowest BCUT2D eigenvalue weighted by Gasteiger charge is -2.51. The summed E-state index contributed by atoms with van der Waals surface area (Å²) in [5.41, 5.74) is 0.586. The molecule has 2 aromatic carbocycles. The molecule has 6 nitrogen and oxygen atoms in total. The maximum absolute atomic E-state index is 13.9. The van der Waals surface area contributed by atoms with E-state index in [0.29, 0.717) is 49.7 Å². The van der Waals surface area contributed by atoms with Gasteiger partial charge in [-0.25, -0.2) is 0 Å². The van der Waals surface area contributed by atoms with Gasteiger partial charge in [0.05, 0.1) is 12.2 Å². The summed E-state index contributed by atoms with van der Waals surface area (Å²) in [6.07, 6.45) is 1.29. The van der Waals surface area contributed by atoms with Crippen molar-refractivity contribution in [2.45, 2.75) is 45.2 Å². The first-order valence-electron chi connectivity index (χ1n) is 11.8. The highest BCUT2D eigenvalue weighted by atomic mass is 35.5. The third-order valence-corrected chi connectivity index (χ3v) is 7.70. The van der Waals surface area contributed by atoms with Crippen molar-refractivity contribution in [3.05, 3.63) is 70.1 Å². The Bertz CT molecular complexity index is 1240. The first kappa shape index (κ1) is 25.2. The van der Waals surface area contributed by atoms with Crippen LogP contribution in [0.15, 0.2) is 53.9 Å². The Labute approximate surface area is 214 Å². The summed E-state index contributed by atoms with van der Waals surface area (Å²) in [4.78, 5) is 42.6. The zero-order valence-electron chi connectivity index (χ0n) is 20.0. The summed E-state index contributed by atoms with van der Waals surface area (Å²) in [5.74, 6) is -0.530. The number of carbonyl (C=O) groups excluding carboxylic acids is 3. The van der Waals surface area contributed by atoms with Gasteiger partial charge in [-0.3, -0.25) is 14.4 Å². The monoisotopic (exact) mass is 512 g/mol. The first-order chi connectivity index (χ1) is 16.8. The molecule has 1 fully saturated rings. The van der Waals surface area contributed by atoms with E-state index in [1.165, 1.54) is 11.3 Å². The number of esters is 1. The average molecular weight is 513 g/mol. The number of fused-ring (bicyclic) bond motifs is 1. The largest absolute Gasteiger partial charge is 0.466 e. The molecule has 1 atom stereocenters. The Morgan fingerprint density at radius 1 is 1.17 bits per heavy atom. The molecule has 184 valence electrons. The van der Waals surface area contributed by atoms with E-state index >= 15 is 0 Å². The van der Waals surface area contributed by atoms with Gasteiger partial charge in [0.1, 0.15) is 5.54 Å². The van der Waals surface area contributed by atoms with Gasteiger partial charge in [-0.05, 0) is 50.5 Å². The van der Waals surface area contributed by atoms with Gasteiger partial charge in [-0.15, -0.1) is 11.3 Å². The number of amides is 2. The predicted molar refractivity (Wildman–Crippen MR) is 139 cm³/mol. The first-order valence-corrected chi connectivity index (χ1v) is 13.1. The van der Waals surface area contributed by atoms with Crippen molar-refractivity contribution in [1.29, 1.82) is 0 Å². The number of hydrogen-bond donors (Lipinski definition) is 0. The van der Waals surface area contributed by atoms with Crippen LogP contribution in [0.3, 0.4) is 0 Å². The predicted octanol–water partition coefficient (Wildman–Crippen LogP) is 5.53. The van der Waals surface area contributed by atoms with Crippen LogP contribution < -0.4 is 0 Å². The van der Waals surface area contributed by atoms with E-state index in [-0.39, 0.29) is 24.2 Å². The minimum atomic E-state index is -0.942. The van der Waals surface area contributed by atoms with Gasteiger partial charge in [-0.1, -0.05) is 41.9 Å². The zero-order valence-corrected chi connectivity index (χ0v) is 21.5. The van der Waals surface area contributed by atoms with E-state index in [2.05, 4.69) is 0 Å². The van der Waals surface area contributed by atoms with Gasteiger partial charge in [0, 0.05) is 46.5 Å². The summed E-state index contributed by atoms with van der Waals surface area (Å²) in [6, 6.07) is 15.2. The molecular weight excluding hydrogens is 484 g/mol. The fraction of sp³-hybridized carbons (Fsp3) is 0.370. The Morgan fingerprint density at radius 3 is 2.69 bits per heavy atom. The number of hydrogen-bond acceptors (Lipinski definition) is 5. The molecule has 8 heteroatoms. The molecule has 0 saturated carbocycles. The van der Waals surface area contributed by atoms with Gasteiger partial charge < -0.3 is 14.5 Å². The van der Waals surface area contributed by atoms with Crippen LogP contribution in [0.1, 0.15) is 49.0 Å². The normalized spacial score (nSPS) is 17.2. The minimum Gasteiger partial charge on any atom is -0.466 e. The molecule has 2 heterocycles. The molecule has 1 aromatic heterocycles. The van der Waals surface area contributed by atoms with Crippen LogP contribution in [0.5, 0.6) is 0 Å². The standard InChI is InChI=1S/C27H29ClN2O4S/c1-3-34-24(31)12-7-14-29(17-19-8-6-9-20(28)16-19)26(33)27(2)13-15-30(27)25(32)22-18-35-23-11-5-4-10-21(22)23/h4-6,8-11,16,18H,3,7,12-15,17H2,1-2H3/t27-/m1/s1. The smallest absolute Gasteiger partial charge is 0.305 e. The van der Waals surface area contributed by atoms with Crippen LogP contribution in [-0.2, 0) is 20.9 Å². The van der Waals surface area contributed by atoms with Crippen molar-refractivity contribution >= 4 is 50.8 Å². The maximum Gasteiger partial charge on any atom is 0.305 e. The highest BCUT2D eigenvalue weighted by molar-refractivity contribution is 7.17. The molecule has 4 rings (SSSR count). The molecule has 1 aliphatic rings. The van der Waals surface area contributed by atoms with Crippen molar-refractivity contribution in [3.8, 4) is 0 Å². The Hall–Kier alpha value is -2.90. The van der Waals surface area contributed by atoms with Gasteiger partial charge in [-0.2, -0.15) is 0 Å². The third kappa shape index (κ3) is 5.36. The minimum absolute atomic E-state index is 0.125. The molecule has 0 unspecified atom stereocenters. The number of carbonyl (C=O) groups is 3. The molecule has 1 saturated heterocycles. The Balaban J connectivity index is 1.54. The lowest BCUT2D eigenvalue weighted by atomic mass is 9.84. The van der Waals surface area contributed by atoms with E-state index in [4.69, 9.17) is 16.3 Å². The molecule has 1 aliphatic heterocycles. The number of likely N-dealkylation sites (tertiary alicyclic amines) is 1. The van der Waals surface area contributed by atoms with Crippen molar-refractivity contribution < 1.29 is 19.1 Å². The molecule has 3 aromatic rings. The molecule has 0 radical (unpaired) electrons. The van der Waals surface area contributed by atoms with Crippen molar-refractivity contribution in [1.82, 2.24) is 9.80 Å². The third-order valence-electron chi connectivity index (χ3n) is 6.50. The summed E-state index contributed by atoms with van der Waals surface area (Å²) in [6.45, 7) is 5.19. The Kier molecular flexibility index (Phi) is 7.77. The summed E-state index contributed by atoms with van der Waals surface area (Å²) in [5, 5.41) is 3.38. The summed E-state index contributed by atoms with van der Waals surface area (Å²) >= 11 is 7.70. The van der Waals surface area contributed by atoms with E-state index < -0.39 is 5.54 Å². The van der Waals surface area contributed by atoms with E-state index in [0.717, 1.165) is 15.6 Å². The SMILES string of the molecule is CCOC(=O)CCCN(Cc1cccc(Cl)c1)C(=O)[C@@]1(C)CCN1C(=O)c1csc2ccccc12. The number of halogens is 1. The highest BCUT2D eigenvalue weighted by Gasteiger charge is 2.51. The number of thiophene rings is 1. The van der Waals surface area contributed by atoms with E-state index in [1.54, 1.807) is 22.8 Å². The lowest BCUT2D eigenvalue weighted by molar-refractivity contribution is -0.150. The van der Waals surface area contributed by atoms with Crippen LogP contribution in [0, 0.1) is 0 Å². The van der Waals surface area contributed by atoms with E-state index in [1.807, 2.05) is 54.8 Å². The second-order valence-corrected chi connectivity index (χ2v) is 10.2. The van der Waals surface area contributed by atoms with Gasteiger partial charge in [0.25, 0.3) is 5.91 Å². The number of rotatable bonds is 9. The van der Waals surface area contributed by atoms with Crippen LogP contribution in [0.25, 0.3) is 10.1 Å². The second-order valence-electron chi connectivity index (χ2n) is 8.89. The maximum atomic E-state index is 13.9.